The van der Waals surface area contributed by atoms with Gasteiger partial charge in [0, 0.05) is 12.1 Å². The lowest BCUT2D eigenvalue weighted by molar-refractivity contribution is -0.139. The molecule has 0 spiro atoms. The minimum Gasteiger partial charge on any atom is -0.496 e. The highest BCUT2D eigenvalue weighted by Crippen LogP contribution is 2.36. The van der Waals surface area contributed by atoms with Gasteiger partial charge in [-0.2, -0.15) is 0 Å². The van der Waals surface area contributed by atoms with E-state index in [4.69, 9.17) is 18.9 Å². The third kappa shape index (κ3) is 5.50. The minimum absolute atomic E-state index is 0.122. The average molecular weight is 410 g/mol. The Morgan fingerprint density at radius 1 is 0.900 bits per heavy atom. The molecule has 0 aromatic heterocycles. The first-order valence-corrected chi connectivity index (χ1v) is 9.42. The SMILES string of the molecule is CCOC(=O)/C(=C\c1c(OC)cc(OC)cc1OC)C(=O)/C(C)=C/c1ccccc1. The molecule has 0 bridgehead atoms. The van der Waals surface area contributed by atoms with Crippen LogP contribution in [0, 0.1) is 0 Å². The van der Waals surface area contributed by atoms with E-state index in [1.807, 2.05) is 30.3 Å². The zero-order chi connectivity index (χ0) is 22.1. The van der Waals surface area contributed by atoms with Crippen molar-refractivity contribution in [3.05, 3.63) is 64.7 Å². The molecule has 0 unspecified atom stereocenters. The molecule has 6 heteroatoms. The molecule has 0 aliphatic carbocycles. The first-order valence-electron chi connectivity index (χ1n) is 9.42. The molecule has 0 heterocycles. The number of hydrogen-bond donors (Lipinski definition) is 0. The van der Waals surface area contributed by atoms with Crippen molar-refractivity contribution in [2.24, 2.45) is 0 Å². The Labute approximate surface area is 176 Å². The lowest BCUT2D eigenvalue weighted by Gasteiger charge is -2.14. The summed E-state index contributed by atoms with van der Waals surface area (Å²) in [4.78, 5) is 25.8. The van der Waals surface area contributed by atoms with Crippen LogP contribution in [0.2, 0.25) is 0 Å². The number of benzene rings is 2. The van der Waals surface area contributed by atoms with Crippen LogP contribution in [-0.4, -0.2) is 39.7 Å². The number of allylic oxidation sites excluding steroid dienone is 1. The Balaban J connectivity index is 2.60. The first kappa shape index (κ1) is 22.7. The molecular weight excluding hydrogens is 384 g/mol. The number of hydrogen-bond acceptors (Lipinski definition) is 6. The van der Waals surface area contributed by atoms with E-state index in [0.29, 0.717) is 28.4 Å². The van der Waals surface area contributed by atoms with Gasteiger partial charge in [0.05, 0.1) is 33.5 Å². The Kier molecular flexibility index (Phi) is 8.23. The molecule has 0 amide bonds. The summed E-state index contributed by atoms with van der Waals surface area (Å²) in [6.45, 7) is 3.48. The van der Waals surface area contributed by atoms with Gasteiger partial charge in [-0.3, -0.25) is 4.79 Å². The third-order valence-electron chi connectivity index (χ3n) is 4.32. The van der Waals surface area contributed by atoms with Gasteiger partial charge < -0.3 is 18.9 Å². The first-order chi connectivity index (χ1) is 14.4. The summed E-state index contributed by atoms with van der Waals surface area (Å²) in [5.41, 5.74) is 1.56. The Morgan fingerprint density at radius 3 is 2.00 bits per heavy atom. The number of carbonyl (C=O) groups excluding carboxylic acids is 2. The molecule has 0 aliphatic rings. The summed E-state index contributed by atoms with van der Waals surface area (Å²) < 4.78 is 21.2. The lowest BCUT2D eigenvalue weighted by Crippen LogP contribution is -2.17. The van der Waals surface area contributed by atoms with Gasteiger partial charge in [0.2, 0.25) is 0 Å². The molecular formula is C24H26O6. The Morgan fingerprint density at radius 2 is 1.50 bits per heavy atom. The molecule has 2 rings (SSSR count). The second-order valence-electron chi connectivity index (χ2n) is 6.29. The molecule has 0 N–H and O–H groups in total. The van der Waals surface area contributed by atoms with Gasteiger partial charge in [-0.25, -0.2) is 4.79 Å². The highest BCUT2D eigenvalue weighted by Gasteiger charge is 2.23. The highest BCUT2D eigenvalue weighted by molar-refractivity contribution is 6.27. The largest absolute Gasteiger partial charge is 0.496 e. The maximum atomic E-state index is 13.1. The van der Waals surface area contributed by atoms with E-state index in [0.717, 1.165) is 5.56 Å². The van der Waals surface area contributed by atoms with Crippen molar-refractivity contribution in [3.63, 3.8) is 0 Å². The van der Waals surface area contributed by atoms with Crippen molar-refractivity contribution in [3.8, 4) is 17.2 Å². The predicted molar refractivity (Wildman–Crippen MR) is 116 cm³/mol. The molecule has 0 saturated carbocycles. The van der Waals surface area contributed by atoms with Gasteiger partial charge in [0.1, 0.15) is 22.8 Å². The van der Waals surface area contributed by atoms with Gasteiger partial charge in [-0.1, -0.05) is 30.3 Å². The van der Waals surface area contributed by atoms with Crippen LogP contribution in [-0.2, 0) is 14.3 Å². The fourth-order valence-corrected chi connectivity index (χ4v) is 2.82. The van der Waals surface area contributed by atoms with Gasteiger partial charge in [0.15, 0.2) is 5.78 Å². The van der Waals surface area contributed by atoms with E-state index in [1.54, 1.807) is 32.1 Å². The maximum absolute atomic E-state index is 13.1. The van der Waals surface area contributed by atoms with Crippen LogP contribution in [0.4, 0.5) is 0 Å². The zero-order valence-corrected chi connectivity index (χ0v) is 17.9. The van der Waals surface area contributed by atoms with Crippen molar-refractivity contribution in [2.75, 3.05) is 27.9 Å². The number of rotatable bonds is 9. The fraction of sp³-hybridized carbons (Fsp3) is 0.250. The van der Waals surface area contributed by atoms with Crippen LogP contribution in [0.3, 0.4) is 0 Å². The Hall–Kier alpha value is -3.54. The standard InChI is InChI=1S/C24H26O6/c1-6-30-24(26)20(23(25)16(2)12-17-10-8-7-9-11-17)15-19-21(28-4)13-18(27-3)14-22(19)29-5/h7-15H,6H2,1-5H3/b16-12+,20-15-. The molecule has 0 atom stereocenters. The summed E-state index contributed by atoms with van der Waals surface area (Å²) in [6.07, 6.45) is 3.15. The fourth-order valence-electron chi connectivity index (χ4n) is 2.82. The number of ketones is 1. The van der Waals surface area contributed by atoms with E-state index in [1.165, 1.54) is 27.4 Å². The van der Waals surface area contributed by atoms with E-state index in [2.05, 4.69) is 0 Å². The number of carbonyl (C=O) groups is 2. The molecule has 158 valence electrons. The molecule has 0 radical (unpaired) electrons. The van der Waals surface area contributed by atoms with Crippen LogP contribution < -0.4 is 14.2 Å². The summed E-state index contributed by atoms with van der Waals surface area (Å²) in [5, 5.41) is 0. The molecule has 6 nitrogen and oxygen atoms in total. The van der Waals surface area contributed by atoms with E-state index >= 15 is 0 Å². The number of ether oxygens (including phenoxy) is 4. The van der Waals surface area contributed by atoms with Gasteiger partial charge >= 0.3 is 5.97 Å². The van der Waals surface area contributed by atoms with Crippen molar-refractivity contribution in [2.45, 2.75) is 13.8 Å². The van der Waals surface area contributed by atoms with Crippen LogP contribution >= 0.6 is 0 Å². The van der Waals surface area contributed by atoms with Gasteiger partial charge in [-0.05, 0) is 37.1 Å². The normalized spacial score (nSPS) is 11.6. The molecule has 2 aromatic rings. The number of methoxy groups -OCH3 is 3. The van der Waals surface area contributed by atoms with Crippen molar-refractivity contribution in [1.29, 1.82) is 0 Å². The maximum Gasteiger partial charge on any atom is 0.342 e. The van der Waals surface area contributed by atoms with E-state index in [9.17, 15) is 9.59 Å². The lowest BCUT2D eigenvalue weighted by atomic mass is 9.99. The molecule has 2 aromatic carbocycles. The van der Waals surface area contributed by atoms with Crippen molar-refractivity contribution >= 4 is 23.9 Å². The number of Topliss-reactive ketones (excluding diaryl/α,β-unsaturated/α-hetero) is 1. The third-order valence-corrected chi connectivity index (χ3v) is 4.32. The molecule has 0 saturated heterocycles. The summed E-state index contributed by atoms with van der Waals surface area (Å²) in [7, 11) is 4.49. The quantitative estimate of drug-likeness (QED) is 0.265. The monoisotopic (exact) mass is 410 g/mol. The predicted octanol–water partition coefficient (Wildman–Crippen LogP) is 4.33. The van der Waals surface area contributed by atoms with Crippen molar-refractivity contribution < 1.29 is 28.5 Å². The van der Waals surface area contributed by atoms with Crippen LogP contribution in [0.1, 0.15) is 25.0 Å². The van der Waals surface area contributed by atoms with E-state index in [-0.39, 0.29) is 12.2 Å². The summed E-state index contributed by atoms with van der Waals surface area (Å²) >= 11 is 0. The highest BCUT2D eigenvalue weighted by atomic mass is 16.5. The van der Waals surface area contributed by atoms with Crippen LogP contribution in [0.25, 0.3) is 12.2 Å². The second-order valence-corrected chi connectivity index (χ2v) is 6.29. The van der Waals surface area contributed by atoms with Gasteiger partial charge in [-0.15, -0.1) is 0 Å². The van der Waals surface area contributed by atoms with E-state index < -0.39 is 11.8 Å². The van der Waals surface area contributed by atoms with Gasteiger partial charge in [0.25, 0.3) is 0 Å². The summed E-state index contributed by atoms with van der Waals surface area (Å²) in [6, 6.07) is 12.7. The van der Waals surface area contributed by atoms with Crippen LogP contribution in [0.5, 0.6) is 17.2 Å². The Bertz CT molecular complexity index is 932. The number of esters is 1. The molecule has 30 heavy (non-hydrogen) atoms. The minimum atomic E-state index is -0.719. The second kappa shape index (κ2) is 10.9. The summed E-state index contributed by atoms with van der Waals surface area (Å²) in [5.74, 6) is 0.140. The molecule has 0 fully saturated rings. The smallest absolute Gasteiger partial charge is 0.342 e. The van der Waals surface area contributed by atoms with Crippen LogP contribution in [0.15, 0.2) is 53.6 Å². The zero-order valence-electron chi connectivity index (χ0n) is 17.9. The topological polar surface area (TPSA) is 71.1 Å². The average Bonchev–Trinajstić information content (AvgIpc) is 2.77. The molecule has 0 aliphatic heterocycles. The van der Waals surface area contributed by atoms with Crippen molar-refractivity contribution in [1.82, 2.24) is 0 Å².